The van der Waals surface area contributed by atoms with Gasteiger partial charge in [-0.2, -0.15) is 0 Å². The molecule has 0 heterocycles. The molecule has 2 heteroatoms. The van der Waals surface area contributed by atoms with Crippen molar-refractivity contribution in [3.8, 4) is 0 Å². The number of hydrogen-bond donors (Lipinski definition) is 2. The summed E-state index contributed by atoms with van der Waals surface area (Å²) in [4.78, 5) is 0. The summed E-state index contributed by atoms with van der Waals surface area (Å²) in [7, 11) is 0. The molecule has 0 saturated carbocycles. The molecule has 0 bridgehead atoms. The van der Waals surface area contributed by atoms with E-state index in [4.69, 9.17) is 11.5 Å². The van der Waals surface area contributed by atoms with Crippen molar-refractivity contribution in [2.75, 3.05) is 11.5 Å². The summed E-state index contributed by atoms with van der Waals surface area (Å²) in [6.07, 6.45) is 0.894. The lowest BCUT2D eigenvalue weighted by atomic mass is 10.0. The van der Waals surface area contributed by atoms with Crippen molar-refractivity contribution in [1.29, 1.82) is 0 Å². The Morgan fingerprint density at radius 2 is 1.47 bits per heavy atom. The zero-order valence-electron chi connectivity index (χ0n) is 8.48. The number of anilines is 2. The molecule has 2 aromatic rings. The molecule has 0 aliphatic rings. The molecule has 2 nitrogen and oxygen atoms in total. The lowest BCUT2D eigenvalue weighted by Crippen LogP contribution is -1.91. The Balaban J connectivity index is 2.18. The molecule has 76 valence electrons. The monoisotopic (exact) mass is 198 g/mol. The second kappa shape index (κ2) is 4.05. The number of nitrogens with two attached hydrogens (primary N) is 2. The molecule has 2 aromatic carbocycles. The Hall–Kier alpha value is -1.96. The van der Waals surface area contributed by atoms with E-state index >= 15 is 0 Å². The van der Waals surface area contributed by atoms with Gasteiger partial charge in [-0.3, -0.25) is 0 Å². The second-order valence-corrected chi connectivity index (χ2v) is 3.66. The van der Waals surface area contributed by atoms with Gasteiger partial charge in [0, 0.05) is 11.4 Å². The largest absolute Gasteiger partial charge is 0.399 e. The number of hydrogen-bond acceptors (Lipinski definition) is 2. The summed E-state index contributed by atoms with van der Waals surface area (Å²) < 4.78 is 0. The quantitative estimate of drug-likeness (QED) is 0.728. The summed E-state index contributed by atoms with van der Waals surface area (Å²) in [6.45, 7) is 0. The van der Waals surface area contributed by atoms with Gasteiger partial charge in [-0.25, -0.2) is 0 Å². The number of rotatable bonds is 2. The van der Waals surface area contributed by atoms with Gasteiger partial charge in [-0.1, -0.05) is 24.3 Å². The van der Waals surface area contributed by atoms with E-state index in [-0.39, 0.29) is 0 Å². The van der Waals surface area contributed by atoms with Gasteiger partial charge < -0.3 is 11.5 Å². The minimum Gasteiger partial charge on any atom is -0.399 e. The first kappa shape index (κ1) is 9.59. The summed E-state index contributed by atoms with van der Waals surface area (Å²) in [6, 6.07) is 15.9. The van der Waals surface area contributed by atoms with E-state index in [0.29, 0.717) is 0 Å². The smallest absolute Gasteiger partial charge is 0.0316 e. The highest BCUT2D eigenvalue weighted by Gasteiger charge is 1.96. The Morgan fingerprint density at radius 1 is 0.733 bits per heavy atom. The predicted molar refractivity (Wildman–Crippen MR) is 64.5 cm³/mol. The van der Waals surface area contributed by atoms with Crippen LogP contribution < -0.4 is 11.5 Å². The average Bonchev–Trinajstić information content (AvgIpc) is 2.22. The van der Waals surface area contributed by atoms with E-state index in [0.717, 1.165) is 17.8 Å². The van der Waals surface area contributed by atoms with E-state index in [2.05, 4.69) is 6.07 Å². The lowest BCUT2D eigenvalue weighted by Gasteiger charge is -2.03. The SMILES string of the molecule is Nc1ccc(Cc2cccc(N)c2)cc1. The summed E-state index contributed by atoms with van der Waals surface area (Å²) in [5, 5.41) is 0. The van der Waals surface area contributed by atoms with Crippen molar-refractivity contribution in [3.63, 3.8) is 0 Å². The Bertz CT molecular complexity index is 446. The van der Waals surface area contributed by atoms with Crippen LogP contribution in [0.3, 0.4) is 0 Å². The van der Waals surface area contributed by atoms with Crippen LogP contribution in [0, 0.1) is 0 Å². The van der Waals surface area contributed by atoms with Crippen LogP contribution in [0.25, 0.3) is 0 Å². The molecule has 0 aromatic heterocycles. The molecule has 0 aliphatic carbocycles. The van der Waals surface area contributed by atoms with Crippen LogP contribution >= 0.6 is 0 Å². The maximum Gasteiger partial charge on any atom is 0.0316 e. The van der Waals surface area contributed by atoms with Crippen LogP contribution in [0.5, 0.6) is 0 Å². The van der Waals surface area contributed by atoms with Crippen LogP contribution in [0.4, 0.5) is 11.4 Å². The first-order valence-electron chi connectivity index (χ1n) is 4.93. The number of benzene rings is 2. The molecule has 2 rings (SSSR count). The third-order valence-electron chi connectivity index (χ3n) is 2.34. The Morgan fingerprint density at radius 3 is 2.13 bits per heavy atom. The van der Waals surface area contributed by atoms with Gasteiger partial charge >= 0.3 is 0 Å². The highest BCUT2D eigenvalue weighted by atomic mass is 14.5. The van der Waals surface area contributed by atoms with Crippen molar-refractivity contribution in [2.45, 2.75) is 6.42 Å². The summed E-state index contributed by atoms with van der Waals surface area (Å²) in [5.74, 6) is 0. The van der Waals surface area contributed by atoms with Crippen molar-refractivity contribution in [2.24, 2.45) is 0 Å². The molecule has 0 saturated heterocycles. The summed E-state index contributed by atoms with van der Waals surface area (Å²) in [5.41, 5.74) is 15.4. The Labute approximate surface area is 89.5 Å². The first-order valence-corrected chi connectivity index (χ1v) is 4.93. The fourth-order valence-corrected chi connectivity index (χ4v) is 1.57. The van der Waals surface area contributed by atoms with Gasteiger partial charge in [-0.05, 0) is 41.8 Å². The van der Waals surface area contributed by atoms with Crippen LogP contribution in [0.1, 0.15) is 11.1 Å². The number of nitrogen functional groups attached to an aromatic ring is 2. The lowest BCUT2D eigenvalue weighted by molar-refractivity contribution is 1.20. The van der Waals surface area contributed by atoms with Crippen LogP contribution in [-0.2, 0) is 6.42 Å². The topological polar surface area (TPSA) is 52.0 Å². The molecular formula is C13H14N2. The fourth-order valence-electron chi connectivity index (χ4n) is 1.57. The van der Waals surface area contributed by atoms with Crippen LogP contribution in [-0.4, -0.2) is 0 Å². The van der Waals surface area contributed by atoms with Crippen molar-refractivity contribution in [3.05, 3.63) is 59.7 Å². The zero-order chi connectivity index (χ0) is 10.7. The molecule has 0 amide bonds. The molecule has 0 spiro atoms. The second-order valence-electron chi connectivity index (χ2n) is 3.66. The van der Waals surface area contributed by atoms with Crippen molar-refractivity contribution in [1.82, 2.24) is 0 Å². The predicted octanol–water partition coefficient (Wildman–Crippen LogP) is 2.44. The molecular weight excluding hydrogens is 184 g/mol. The summed E-state index contributed by atoms with van der Waals surface area (Å²) >= 11 is 0. The van der Waals surface area contributed by atoms with Gasteiger partial charge in [0.05, 0.1) is 0 Å². The molecule has 0 atom stereocenters. The van der Waals surface area contributed by atoms with Gasteiger partial charge in [0.15, 0.2) is 0 Å². The highest BCUT2D eigenvalue weighted by molar-refractivity contribution is 5.44. The third kappa shape index (κ3) is 2.50. The standard InChI is InChI=1S/C13H14N2/c14-12-6-4-10(5-7-12)8-11-2-1-3-13(15)9-11/h1-7,9H,8,14-15H2. The molecule has 0 fully saturated rings. The van der Waals surface area contributed by atoms with E-state index in [1.165, 1.54) is 11.1 Å². The highest BCUT2D eigenvalue weighted by Crippen LogP contribution is 2.13. The van der Waals surface area contributed by atoms with Gasteiger partial charge in [0.1, 0.15) is 0 Å². The van der Waals surface area contributed by atoms with E-state index in [1.54, 1.807) is 0 Å². The van der Waals surface area contributed by atoms with E-state index < -0.39 is 0 Å². The maximum absolute atomic E-state index is 5.72. The van der Waals surface area contributed by atoms with Crippen LogP contribution in [0.2, 0.25) is 0 Å². The van der Waals surface area contributed by atoms with Crippen LogP contribution in [0.15, 0.2) is 48.5 Å². The normalized spacial score (nSPS) is 10.1. The van der Waals surface area contributed by atoms with Crippen molar-refractivity contribution >= 4 is 11.4 Å². The molecule has 0 radical (unpaired) electrons. The third-order valence-corrected chi connectivity index (χ3v) is 2.34. The molecule has 0 aliphatic heterocycles. The molecule has 15 heavy (non-hydrogen) atoms. The molecule has 4 N–H and O–H groups in total. The fraction of sp³-hybridized carbons (Fsp3) is 0.0769. The van der Waals surface area contributed by atoms with Gasteiger partial charge in [0.2, 0.25) is 0 Å². The van der Waals surface area contributed by atoms with Gasteiger partial charge in [-0.15, -0.1) is 0 Å². The van der Waals surface area contributed by atoms with Crippen molar-refractivity contribution < 1.29 is 0 Å². The van der Waals surface area contributed by atoms with Gasteiger partial charge in [0.25, 0.3) is 0 Å². The Kier molecular flexibility index (Phi) is 2.59. The minimum atomic E-state index is 0.798. The average molecular weight is 198 g/mol. The maximum atomic E-state index is 5.72. The minimum absolute atomic E-state index is 0.798. The van der Waals surface area contributed by atoms with E-state index in [1.807, 2.05) is 42.5 Å². The van der Waals surface area contributed by atoms with E-state index in [9.17, 15) is 0 Å². The molecule has 0 unspecified atom stereocenters. The zero-order valence-corrected chi connectivity index (χ0v) is 8.48. The first-order chi connectivity index (χ1) is 7.24.